The first-order chi connectivity index (χ1) is 13.0. The molecule has 1 N–H and O–H groups in total. The van der Waals surface area contributed by atoms with E-state index in [0.29, 0.717) is 48.3 Å². The second-order valence-corrected chi connectivity index (χ2v) is 10.6. The van der Waals surface area contributed by atoms with Crippen LogP contribution in [0.3, 0.4) is 0 Å². The summed E-state index contributed by atoms with van der Waals surface area (Å²) in [5, 5.41) is 10.1. The number of rotatable bonds is 1. The minimum absolute atomic E-state index is 0.0116. The van der Waals surface area contributed by atoms with Crippen LogP contribution in [0.4, 0.5) is 0 Å². The Kier molecular flexibility index (Phi) is 3.26. The van der Waals surface area contributed by atoms with Crippen molar-refractivity contribution in [2.24, 2.45) is 46.8 Å². The molecule has 0 aromatic carbocycles. The molecule has 0 aromatic heterocycles. The van der Waals surface area contributed by atoms with Gasteiger partial charge in [-0.05, 0) is 74.2 Å². The second-order valence-electron chi connectivity index (χ2n) is 10.6. The third kappa shape index (κ3) is 1.93. The maximum absolute atomic E-state index is 12.1. The van der Waals surface area contributed by atoms with Crippen molar-refractivity contribution in [2.45, 2.75) is 63.9 Å². The second kappa shape index (κ2) is 5.25. The van der Waals surface area contributed by atoms with Crippen molar-refractivity contribution in [3.05, 3.63) is 11.6 Å². The van der Waals surface area contributed by atoms with Crippen molar-refractivity contribution in [3.63, 3.8) is 0 Å². The van der Waals surface area contributed by atoms with Crippen LogP contribution in [0.5, 0.6) is 0 Å². The quantitative estimate of drug-likeness (QED) is 0.720. The third-order valence-electron chi connectivity index (χ3n) is 9.83. The summed E-state index contributed by atoms with van der Waals surface area (Å²) in [6.45, 7) is 2.58. The van der Waals surface area contributed by atoms with Gasteiger partial charge in [0.25, 0.3) is 0 Å². The van der Waals surface area contributed by atoms with Crippen LogP contribution in [0.1, 0.15) is 58.3 Å². The number of ether oxygens (including phenoxy) is 1. The first kappa shape index (κ1) is 16.8. The zero-order valence-electron chi connectivity index (χ0n) is 16.2. The predicted octanol–water partition coefficient (Wildman–Crippen LogP) is 3.28. The van der Waals surface area contributed by atoms with Crippen molar-refractivity contribution in [1.82, 2.24) is 0 Å². The van der Waals surface area contributed by atoms with E-state index in [0.717, 1.165) is 25.7 Å². The Morgan fingerprint density at radius 3 is 2.70 bits per heavy atom. The summed E-state index contributed by atoms with van der Waals surface area (Å²) in [6.07, 6.45) is 9.63. The van der Waals surface area contributed by atoms with Gasteiger partial charge in [-0.2, -0.15) is 0 Å². The fourth-order valence-corrected chi connectivity index (χ4v) is 8.87. The van der Waals surface area contributed by atoms with Gasteiger partial charge in [0.05, 0.1) is 0 Å². The average molecular weight is 370 g/mol. The smallest absolute Gasteiger partial charge is 0.306 e. The van der Waals surface area contributed by atoms with E-state index in [2.05, 4.69) is 6.92 Å². The van der Waals surface area contributed by atoms with E-state index < -0.39 is 0 Å². The molecule has 146 valence electrons. The topological polar surface area (TPSA) is 63.6 Å². The van der Waals surface area contributed by atoms with Crippen LogP contribution in [0.25, 0.3) is 0 Å². The molecule has 6 aliphatic rings. The van der Waals surface area contributed by atoms with Gasteiger partial charge in [0.1, 0.15) is 5.60 Å². The highest BCUT2D eigenvalue weighted by atomic mass is 16.6. The monoisotopic (exact) mass is 370 g/mol. The summed E-state index contributed by atoms with van der Waals surface area (Å²) in [4.78, 5) is 24.1. The highest BCUT2D eigenvalue weighted by Gasteiger charge is 2.78. The van der Waals surface area contributed by atoms with E-state index in [1.54, 1.807) is 0 Å². The summed E-state index contributed by atoms with van der Waals surface area (Å²) in [5.41, 5.74) is 1.17. The maximum atomic E-state index is 12.1. The van der Waals surface area contributed by atoms with E-state index in [-0.39, 0.29) is 35.3 Å². The van der Waals surface area contributed by atoms with Gasteiger partial charge in [0, 0.05) is 36.7 Å². The van der Waals surface area contributed by atoms with Gasteiger partial charge in [-0.1, -0.05) is 12.5 Å². The number of ketones is 1. The highest BCUT2D eigenvalue weighted by molar-refractivity contribution is 5.91. The minimum atomic E-state index is -0.197. The van der Waals surface area contributed by atoms with Gasteiger partial charge in [-0.3, -0.25) is 9.59 Å². The lowest BCUT2D eigenvalue weighted by molar-refractivity contribution is -0.175. The summed E-state index contributed by atoms with van der Waals surface area (Å²) < 4.78 is 6.15. The van der Waals surface area contributed by atoms with Crippen LogP contribution < -0.4 is 0 Å². The van der Waals surface area contributed by atoms with Crippen molar-refractivity contribution >= 4 is 11.8 Å². The lowest BCUT2D eigenvalue weighted by atomic mass is 9.47. The molecular weight excluding hydrogens is 340 g/mol. The molecule has 1 spiro atoms. The fourth-order valence-electron chi connectivity index (χ4n) is 8.87. The minimum Gasteiger partial charge on any atom is -0.458 e. The first-order valence-electron chi connectivity index (χ1n) is 11.1. The molecule has 1 aliphatic heterocycles. The van der Waals surface area contributed by atoms with Gasteiger partial charge in [0.15, 0.2) is 5.78 Å². The lowest BCUT2D eigenvalue weighted by Crippen LogP contribution is -2.56. The number of carbonyl (C=O) groups is 2. The molecule has 0 aromatic rings. The average Bonchev–Trinajstić information content (AvgIpc) is 3.29. The molecule has 4 nitrogen and oxygen atoms in total. The van der Waals surface area contributed by atoms with Crippen molar-refractivity contribution < 1.29 is 19.4 Å². The van der Waals surface area contributed by atoms with Crippen LogP contribution in [0, 0.1) is 46.8 Å². The molecule has 0 amide bonds. The Balaban J connectivity index is 1.39. The maximum Gasteiger partial charge on any atom is 0.306 e. The molecule has 1 saturated heterocycles. The zero-order chi connectivity index (χ0) is 18.6. The van der Waals surface area contributed by atoms with Crippen LogP contribution in [-0.4, -0.2) is 29.1 Å². The molecule has 27 heavy (non-hydrogen) atoms. The Labute approximate surface area is 160 Å². The predicted molar refractivity (Wildman–Crippen MR) is 98.5 cm³/mol. The molecule has 0 bridgehead atoms. The van der Waals surface area contributed by atoms with Crippen molar-refractivity contribution in [2.75, 3.05) is 6.61 Å². The highest BCUT2D eigenvalue weighted by Crippen LogP contribution is 2.78. The van der Waals surface area contributed by atoms with Gasteiger partial charge in [0.2, 0.25) is 0 Å². The molecular formula is C23H30O4. The van der Waals surface area contributed by atoms with Crippen LogP contribution >= 0.6 is 0 Å². The third-order valence-corrected chi connectivity index (χ3v) is 9.83. The van der Waals surface area contributed by atoms with Crippen LogP contribution in [-0.2, 0) is 14.3 Å². The van der Waals surface area contributed by atoms with E-state index in [9.17, 15) is 14.7 Å². The van der Waals surface area contributed by atoms with Crippen molar-refractivity contribution in [1.29, 1.82) is 0 Å². The summed E-state index contributed by atoms with van der Waals surface area (Å²) in [7, 11) is 0. The SMILES string of the molecule is C[C@]12CCC3C(CC(CO)C4=CC(=O)CC[C@@H]43)C1C1CC1[C@@]21CCC(=O)O1. The number of hydrogen-bond acceptors (Lipinski definition) is 4. The standard InChI is InChI=1S/C23H30O4/c1-22-6-4-15-14-3-2-13(25)9-16(14)12(11-24)8-17(15)21(22)18-10-19(18)23(22)7-5-20(26)27-23/h9,12,14-15,17-19,21,24H,2-8,10-11H2,1H3/t12?,14-,15?,17?,18?,19?,21?,22+,23+/m1/s1. The molecule has 0 radical (unpaired) electrons. The number of aliphatic hydroxyl groups excluding tert-OH is 1. The van der Waals surface area contributed by atoms with Crippen LogP contribution in [0.15, 0.2) is 11.6 Å². The van der Waals surface area contributed by atoms with E-state index >= 15 is 0 Å². The summed E-state index contributed by atoms with van der Waals surface area (Å²) >= 11 is 0. The molecule has 4 saturated carbocycles. The molecule has 4 heteroatoms. The Morgan fingerprint density at radius 2 is 1.96 bits per heavy atom. The van der Waals surface area contributed by atoms with Crippen LogP contribution in [0.2, 0.25) is 0 Å². The summed E-state index contributed by atoms with van der Waals surface area (Å²) in [6, 6.07) is 0. The van der Waals surface area contributed by atoms with E-state index in [4.69, 9.17) is 4.74 Å². The first-order valence-corrected chi connectivity index (χ1v) is 11.1. The molecule has 5 aliphatic carbocycles. The molecule has 1 heterocycles. The van der Waals surface area contributed by atoms with Gasteiger partial charge in [-0.15, -0.1) is 0 Å². The molecule has 6 unspecified atom stereocenters. The van der Waals surface area contributed by atoms with Gasteiger partial charge >= 0.3 is 5.97 Å². The van der Waals surface area contributed by atoms with Gasteiger partial charge in [-0.25, -0.2) is 0 Å². The number of carbonyl (C=O) groups excluding carboxylic acids is 2. The normalized spacial score (nSPS) is 55.3. The number of fused-ring (bicyclic) bond motifs is 9. The lowest BCUT2D eigenvalue weighted by Gasteiger charge is -2.58. The van der Waals surface area contributed by atoms with E-state index in [1.165, 1.54) is 18.4 Å². The Hall–Kier alpha value is -1.16. The summed E-state index contributed by atoms with van der Waals surface area (Å²) in [5.74, 6) is 4.09. The van der Waals surface area contributed by atoms with Crippen molar-refractivity contribution in [3.8, 4) is 0 Å². The number of esters is 1. The Bertz CT molecular complexity index is 755. The zero-order valence-corrected chi connectivity index (χ0v) is 16.2. The molecule has 5 fully saturated rings. The Morgan fingerprint density at radius 1 is 1.11 bits per heavy atom. The molecule has 6 rings (SSSR count). The largest absolute Gasteiger partial charge is 0.458 e. The fraction of sp³-hybridized carbons (Fsp3) is 0.826. The number of hydrogen-bond donors (Lipinski definition) is 1. The molecule has 9 atom stereocenters. The number of aliphatic hydroxyl groups is 1. The van der Waals surface area contributed by atoms with E-state index in [1.807, 2.05) is 6.08 Å². The van der Waals surface area contributed by atoms with Gasteiger partial charge < -0.3 is 9.84 Å².